The Morgan fingerprint density at radius 3 is 2.00 bits per heavy atom. The highest BCUT2D eigenvalue weighted by Crippen LogP contribution is 2.49. The van der Waals surface area contributed by atoms with Crippen LogP contribution in [0.15, 0.2) is 36.5 Å². The van der Waals surface area contributed by atoms with Crippen LogP contribution in [0.3, 0.4) is 0 Å². The number of nitrogens with one attached hydrogen (secondary N) is 1. The number of carbonyl (C=O) groups is 1. The third-order valence-electron chi connectivity index (χ3n) is 4.25. The first-order valence-electron chi connectivity index (χ1n) is 10.2. The van der Waals surface area contributed by atoms with E-state index in [0.717, 1.165) is 0 Å². The van der Waals surface area contributed by atoms with Gasteiger partial charge in [0.05, 0.1) is 18.5 Å². The molecule has 0 fully saturated rings. The maximum Gasteiger partial charge on any atom is 0.483 e. The molecule has 0 unspecified atom stereocenters. The van der Waals surface area contributed by atoms with E-state index in [0.29, 0.717) is 19.0 Å². The van der Waals surface area contributed by atoms with Crippen molar-refractivity contribution in [1.29, 1.82) is 0 Å². The highest BCUT2D eigenvalue weighted by atomic mass is 19.4. The van der Waals surface area contributed by atoms with Gasteiger partial charge in [-0.1, -0.05) is 43.7 Å². The van der Waals surface area contributed by atoms with Crippen molar-refractivity contribution in [2.24, 2.45) is 0 Å². The summed E-state index contributed by atoms with van der Waals surface area (Å²) in [7, 11) is 0. The highest BCUT2D eigenvalue weighted by molar-refractivity contribution is 5.85. The van der Waals surface area contributed by atoms with E-state index in [2.05, 4.69) is 19.4 Å². The monoisotopic (exact) mass is 571 g/mol. The molecule has 2 rings (SSSR count). The Labute approximate surface area is 205 Å². The smallest absolute Gasteiger partial charge is 0.449 e. The molecule has 0 bridgehead atoms. The molecule has 0 aliphatic rings. The van der Waals surface area contributed by atoms with Gasteiger partial charge in [-0.15, -0.1) is 0 Å². The molecule has 1 aromatic carbocycles. The summed E-state index contributed by atoms with van der Waals surface area (Å²) in [5.74, 6) is -0.635. The summed E-state index contributed by atoms with van der Waals surface area (Å²) in [6.07, 6.45) is -33.4. The molecule has 1 aromatic heterocycles. The van der Waals surface area contributed by atoms with Gasteiger partial charge in [0, 0.05) is 5.56 Å². The average Bonchev–Trinajstić information content (AvgIpc) is 2.78. The molecular formula is C20H16F11N3O4. The molecule has 0 radical (unpaired) electrons. The van der Waals surface area contributed by atoms with Crippen molar-refractivity contribution >= 4 is 11.8 Å². The lowest BCUT2D eigenvalue weighted by Gasteiger charge is -2.31. The number of halogens is 11. The van der Waals surface area contributed by atoms with Gasteiger partial charge >= 0.3 is 36.7 Å². The summed E-state index contributed by atoms with van der Waals surface area (Å²) >= 11 is 0. The summed E-state index contributed by atoms with van der Waals surface area (Å²) in [6, 6.07) is 6.72. The first-order chi connectivity index (χ1) is 17.3. The van der Waals surface area contributed by atoms with Crippen LogP contribution in [0, 0.1) is 0 Å². The largest absolute Gasteiger partial charge is 0.483 e. The lowest BCUT2D eigenvalue weighted by molar-refractivity contribution is -0.538. The molecule has 1 amide bonds. The summed E-state index contributed by atoms with van der Waals surface area (Å²) in [4.78, 5) is 18.7. The van der Waals surface area contributed by atoms with Gasteiger partial charge < -0.3 is 4.74 Å². The van der Waals surface area contributed by atoms with Gasteiger partial charge in [0.1, 0.15) is 0 Å². The molecule has 1 heterocycles. The van der Waals surface area contributed by atoms with Crippen molar-refractivity contribution in [2.75, 3.05) is 11.9 Å². The topological polar surface area (TPSA) is 82.6 Å². The lowest BCUT2D eigenvalue weighted by atomic mass is 10.2. The first-order valence-corrected chi connectivity index (χ1v) is 10.2. The second-order valence-corrected chi connectivity index (χ2v) is 7.21. The van der Waals surface area contributed by atoms with Crippen LogP contribution in [-0.4, -0.2) is 47.2 Å². The number of ether oxygens (including phenoxy) is 3. The van der Waals surface area contributed by atoms with Crippen molar-refractivity contribution in [3.05, 3.63) is 42.2 Å². The second kappa shape index (κ2) is 11.2. The summed E-state index contributed by atoms with van der Waals surface area (Å²) in [6.45, 7) is 1.49. The Morgan fingerprint density at radius 2 is 1.45 bits per heavy atom. The van der Waals surface area contributed by atoms with Crippen molar-refractivity contribution < 1.29 is 67.3 Å². The fraction of sp³-hybridized carbons (Fsp3) is 0.450. The van der Waals surface area contributed by atoms with E-state index in [1.165, 1.54) is 30.3 Å². The third kappa shape index (κ3) is 7.40. The number of alkyl halides is 11. The van der Waals surface area contributed by atoms with Gasteiger partial charge in [-0.3, -0.25) is 5.32 Å². The van der Waals surface area contributed by atoms with E-state index < -0.39 is 53.9 Å². The van der Waals surface area contributed by atoms with Gasteiger partial charge in [-0.05, 0) is 6.42 Å². The Bertz CT molecular complexity index is 1100. The fourth-order valence-corrected chi connectivity index (χ4v) is 2.42. The highest BCUT2D eigenvalue weighted by Gasteiger charge is 2.73. The number of rotatable bonds is 11. The van der Waals surface area contributed by atoms with E-state index in [-0.39, 0.29) is 12.2 Å². The average molecular weight is 571 g/mol. The van der Waals surface area contributed by atoms with Crippen molar-refractivity contribution in [3.8, 4) is 11.4 Å². The Hall–Kier alpha value is -3.28. The third-order valence-corrected chi connectivity index (χ3v) is 4.25. The van der Waals surface area contributed by atoms with Gasteiger partial charge in [0.15, 0.2) is 11.5 Å². The van der Waals surface area contributed by atoms with Crippen molar-refractivity contribution in [3.63, 3.8) is 0 Å². The lowest BCUT2D eigenvalue weighted by Crippen LogP contribution is -2.54. The molecular weight excluding hydrogens is 555 g/mol. The molecule has 0 aliphatic carbocycles. The molecule has 0 saturated carbocycles. The predicted octanol–water partition coefficient (Wildman–Crippen LogP) is 6.92. The van der Waals surface area contributed by atoms with Crippen LogP contribution in [-0.2, 0) is 20.3 Å². The molecule has 2 aromatic rings. The standard InChI is InChI=1S/C20H16F11N3O4/c1-2-3-9-36-15(35)33-12-10-32-14(11-7-5-4-6-8-11)34-13(12)16(21,22)37-19(28,29)20(30,31)38-18(26,27)17(23,24)25/h4-8,10H,2-3,9H2,1H3,(H,33,35). The number of benzene rings is 1. The van der Waals surface area contributed by atoms with Crippen LogP contribution in [0.4, 0.5) is 58.8 Å². The molecule has 18 heteroatoms. The zero-order chi connectivity index (χ0) is 29.0. The van der Waals surface area contributed by atoms with Crippen molar-refractivity contribution in [2.45, 2.75) is 50.4 Å². The summed E-state index contributed by atoms with van der Waals surface area (Å²) < 4.78 is 156. The molecule has 0 atom stereocenters. The summed E-state index contributed by atoms with van der Waals surface area (Å²) in [5.41, 5.74) is -3.24. The molecule has 212 valence electrons. The maximum absolute atomic E-state index is 14.8. The molecule has 0 spiro atoms. The number of amides is 1. The van der Waals surface area contributed by atoms with Crippen LogP contribution in [0.5, 0.6) is 0 Å². The van der Waals surface area contributed by atoms with Crippen LogP contribution < -0.4 is 5.32 Å². The number of unbranched alkanes of at least 4 members (excludes halogenated alkanes) is 1. The quantitative estimate of drug-likeness (QED) is 0.233. The zero-order valence-electron chi connectivity index (χ0n) is 18.8. The van der Waals surface area contributed by atoms with E-state index in [4.69, 9.17) is 0 Å². The summed E-state index contributed by atoms with van der Waals surface area (Å²) in [5, 5.41) is 1.66. The minimum Gasteiger partial charge on any atom is -0.449 e. The van der Waals surface area contributed by atoms with Gasteiger partial charge in [0.2, 0.25) is 0 Å². The van der Waals surface area contributed by atoms with Crippen LogP contribution in [0.1, 0.15) is 25.5 Å². The van der Waals surface area contributed by atoms with Gasteiger partial charge in [-0.25, -0.2) is 24.2 Å². The van der Waals surface area contributed by atoms with Crippen LogP contribution in [0.25, 0.3) is 11.4 Å². The van der Waals surface area contributed by atoms with E-state index in [1.807, 2.05) is 4.74 Å². The minimum atomic E-state index is -6.95. The normalized spacial score (nSPS) is 13.4. The number of hydrogen-bond acceptors (Lipinski definition) is 6. The fourth-order valence-electron chi connectivity index (χ4n) is 2.42. The Balaban J connectivity index is 2.47. The Kier molecular flexibility index (Phi) is 9.14. The minimum absolute atomic E-state index is 0.0214. The second-order valence-electron chi connectivity index (χ2n) is 7.21. The first kappa shape index (κ1) is 30.9. The molecule has 7 nitrogen and oxygen atoms in total. The van der Waals surface area contributed by atoms with E-state index in [9.17, 15) is 53.1 Å². The van der Waals surface area contributed by atoms with Gasteiger partial charge in [0.25, 0.3) is 0 Å². The zero-order valence-corrected chi connectivity index (χ0v) is 18.8. The molecule has 0 aliphatic heterocycles. The maximum atomic E-state index is 14.8. The number of anilines is 1. The number of aromatic nitrogens is 2. The van der Waals surface area contributed by atoms with Crippen LogP contribution >= 0.6 is 0 Å². The number of carbonyl (C=O) groups excluding carboxylic acids is 1. The molecule has 38 heavy (non-hydrogen) atoms. The van der Waals surface area contributed by atoms with Gasteiger partial charge in [-0.2, -0.15) is 48.3 Å². The SMILES string of the molecule is CCCCOC(=O)Nc1cnc(-c2ccccc2)nc1C(F)(F)OC(F)(F)C(F)(F)OC(F)(F)C(F)(F)F. The van der Waals surface area contributed by atoms with Crippen LogP contribution in [0.2, 0.25) is 0 Å². The molecule has 0 saturated heterocycles. The Morgan fingerprint density at radius 1 is 0.868 bits per heavy atom. The van der Waals surface area contributed by atoms with E-state index >= 15 is 0 Å². The predicted molar refractivity (Wildman–Crippen MR) is 104 cm³/mol. The van der Waals surface area contributed by atoms with E-state index in [1.54, 1.807) is 12.2 Å². The number of nitrogens with zero attached hydrogens (tertiary/aromatic N) is 2. The molecule has 1 N–H and O–H groups in total. The number of hydrogen-bond donors (Lipinski definition) is 1. The van der Waals surface area contributed by atoms with Crippen molar-refractivity contribution in [1.82, 2.24) is 9.97 Å².